The maximum Gasteiger partial charge on any atom is 0.145 e. The Bertz CT molecular complexity index is 623. The third-order valence-electron chi connectivity index (χ3n) is 4.15. The number of hydrogen-bond donors (Lipinski definition) is 0. The summed E-state index contributed by atoms with van der Waals surface area (Å²) in [4.78, 5) is 0.892. The van der Waals surface area contributed by atoms with Crippen molar-refractivity contribution >= 4 is 15.7 Å². The summed E-state index contributed by atoms with van der Waals surface area (Å²) in [7, 11) is 2.08. The largest absolute Gasteiger partial charge is 0.497 e. The van der Waals surface area contributed by atoms with Gasteiger partial charge in [0, 0.05) is 17.4 Å². The molecule has 1 heterocycles. The molecule has 0 spiro atoms. The lowest BCUT2D eigenvalue weighted by Gasteiger charge is -2.35. The van der Waals surface area contributed by atoms with E-state index >= 15 is 0 Å². The van der Waals surface area contributed by atoms with E-state index in [4.69, 9.17) is 9.47 Å². The summed E-state index contributed by atoms with van der Waals surface area (Å²) in [6.45, 7) is 10.7. The average Bonchev–Trinajstić information content (AvgIpc) is 2.64. The summed E-state index contributed by atoms with van der Waals surface area (Å²) in [5.74, 6) is 0.772. The highest BCUT2D eigenvalue weighted by atomic mass is 32.2. The Labute approximate surface area is 136 Å². The van der Waals surface area contributed by atoms with Crippen LogP contribution in [0.1, 0.15) is 40.2 Å². The Hall–Kier alpha value is -1.13. The molecular weight excluding hydrogens is 296 g/mol. The van der Waals surface area contributed by atoms with E-state index in [1.165, 1.54) is 5.57 Å². The predicted octanol–water partition coefficient (Wildman–Crippen LogP) is 4.21. The zero-order valence-corrected chi connectivity index (χ0v) is 15.3. The maximum absolute atomic E-state index is 13.1. The Morgan fingerprint density at radius 3 is 2.32 bits per heavy atom. The van der Waals surface area contributed by atoms with E-state index in [-0.39, 0.29) is 16.3 Å². The Balaban J connectivity index is 2.73. The molecule has 0 aliphatic carbocycles. The van der Waals surface area contributed by atoms with E-state index in [0.29, 0.717) is 0 Å². The lowest BCUT2D eigenvalue weighted by molar-refractivity contribution is 0.0863. The first-order valence-electron chi connectivity index (χ1n) is 7.47. The molecule has 1 aliphatic rings. The summed E-state index contributed by atoms with van der Waals surface area (Å²) in [6.07, 6.45) is 0. The van der Waals surface area contributed by atoms with Gasteiger partial charge in [-0.3, -0.25) is 4.21 Å². The number of rotatable bonds is 3. The van der Waals surface area contributed by atoms with Crippen molar-refractivity contribution < 1.29 is 13.7 Å². The minimum absolute atomic E-state index is 0.0924. The van der Waals surface area contributed by atoms with E-state index in [9.17, 15) is 4.21 Å². The van der Waals surface area contributed by atoms with Gasteiger partial charge in [0.1, 0.15) is 11.2 Å². The zero-order valence-electron chi connectivity index (χ0n) is 14.5. The first kappa shape index (κ1) is 17.2. The van der Waals surface area contributed by atoms with Crippen LogP contribution in [-0.4, -0.2) is 23.9 Å². The maximum atomic E-state index is 13.1. The SMILES string of the molecule is COc1cccc(C2=C(C(C)(C)C)C(C)(C)C(OC)S2=O)c1. The second-order valence-electron chi connectivity index (χ2n) is 7.27. The molecule has 1 aromatic carbocycles. The highest BCUT2D eigenvalue weighted by molar-refractivity contribution is 7.95. The monoisotopic (exact) mass is 322 g/mol. The second kappa shape index (κ2) is 5.82. The van der Waals surface area contributed by atoms with Gasteiger partial charge in [-0.2, -0.15) is 0 Å². The minimum Gasteiger partial charge on any atom is -0.497 e. The second-order valence-corrected chi connectivity index (χ2v) is 8.70. The highest BCUT2D eigenvalue weighted by Crippen LogP contribution is 2.54. The smallest absolute Gasteiger partial charge is 0.145 e. The molecule has 0 saturated heterocycles. The van der Waals surface area contributed by atoms with Crippen LogP contribution >= 0.6 is 0 Å². The molecule has 2 unspecified atom stereocenters. The molecule has 0 bridgehead atoms. The molecule has 2 atom stereocenters. The normalized spacial score (nSPS) is 24.7. The van der Waals surface area contributed by atoms with Crippen LogP contribution in [0.4, 0.5) is 0 Å². The molecule has 0 aromatic heterocycles. The molecule has 0 fully saturated rings. The van der Waals surface area contributed by atoms with Gasteiger partial charge in [0.05, 0.1) is 17.9 Å². The standard InChI is InChI=1S/C18H26O3S/c1-17(2,3)15-14(12-9-8-10-13(11-12)20-6)22(19)16(21-7)18(15,4)5/h8-11,16H,1-7H3. The fraction of sp³-hybridized carbons (Fsp3) is 0.556. The van der Waals surface area contributed by atoms with Gasteiger partial charge in [0.25, 0.3) is 0 Å². The van der Waals surface area contributed by atoms with Crippen molar-refractivity contribution in [3.05, 3.63) is 35.4 Å². The summed E-state index contributed by atoms with van der Waals surface area (Å²) in [5.41, 5.74) is 1.44. The van der Waals surface area contributed by atoms with Crippen LogP contribution < -0.4 is 4.74 Å². The van der Waals surface area contributed by atoms with Crippen LogP contribution in [0.15, 0.2) is 29.8 Å². The molecule has 1 aromatic rings. The third kappa shape index (κ3) is 2.74. The molecule has 22 heavy (non-hydrogen) atoms. The summed E-state index contributed by atoms with van der Waals surface area (Å²) in [5, 5.41) is 0. The first-order chi connectivity index (χ1) is 10.1. The van der Waals surface area contributed by atoms with Gasteiger partial charge in [-0.15, -0.1) is 0 Å². The number of methoxy groups -OCH3 is 2. The van der Waals surface area contributed by atoms with Gasteiger partial charge in [-0.05, 0) is 28.7 Å². The fourth-order valence-electron chi connectivity index (χ4n) is 3.60. The third-order valence-corrected chi connectivity index (χ3v) is 6.17. The van der Waals surface area contributed by atoms with Gasteiger partial charge in [-0.1, -0.05) is 46.8 Å². The van der Waals surface area contributed by atoms with Gasteiger partial charge in [0.2, 0.25) is 0 Å². The zero-order chi connectivity index (χ0) is 16.7. The summed E-state index contributed by atoms with van der Waals surface area (Å²) in [6, 6.07) is 7.78. The Morgan fingerprint density at radius 2 is 1.82 bits per heavy atom. The lowest BCUT2D eigenvalue weighted by atomic mass is 9.70. The number of benzene rings is 1. The summed E-state index contributed by atoms with van der Waals surface area (Å²) >= 11 is 0. The van der Waals surface area contributed by atoms with E-state index in [1.807, 2.05) is 24.3 Å². The average molecular weight is 322 g/mol. The predicted molar refractivity (Wildman–Crippen MR) is 92.1 cm³/mol. The number of ether oxygens (including phenoxy) is 2. The lowest BCUT2D eigenvalue weighted by Crippen LogP contribution is -2.34. The van der Waals surface area contributed by atoms with E-state index in [2.05, 4.69) is 34.6 Å². The number of hydrogen-bond acceptors (Lipinski definition) is 3. The topological polar surface area (TPSA) is 35.5 Å². The first-order valence-corrected chi connectivity index (χ1v) is 8.69. The van der Waals surface area contributed by atoms with Crippen molar-refractivity contribution in [1.82, 2.24) is 0 Å². The van der Waals surface area contributed by atoms with Gasteiger partial charge in [0.15, 0.2) is 0 Å². The van der Waals surface area contributed by atoms with Gasteiger partial charge >= 0.3 is 0 Å². The molecule has 1 aliphatic heterocycles. The van der Waals surface area contributed by atoms with Crippen LogP contribution in [0.2, 0.25) is 0 Å². The fourth-order valence-corrected chi connectivity index (χ4v) is 5.77. The molecule has 0 saturated carbocycles. The molecular formula is C18H26O3S. The van der Waals surface area contributed by atoms with Gasteiger partial charge < -0.3 is 9.47 Å². The highest BCUT2D eigenvalue weighted by Gasteiger charge is 2.51. The van der Waals surface area contributed by atoms with Crippen LogP contribution in [0.5, 0.6) is 5.75 Å². The van der Waals surface area contributed by atoms with Crippen molar-refractivity contribution in [2.45, 2.75) is 40.1 Å². The van der Waals surface area contributed by atoms with Crippen molar-refractivity contribution in [3.8, 4) is 5.75 Å². The molecule has 0 N–H and O–H groups in total. The Kier molecular flexibility index (Phi) is 4.56. The molecule has 4 heteroatoms. The van der Waals surface area contributed by atoms with Gasteiger partial charge in [-0.25, -0.2) is 0 Å². The van der Waals surface area contributed by atoms with E-state index < -0.39 is 10.8 Å². The molecule has 122 valence electrons. The quantitative estimate of drug-likeness (QED) is 0.836. The van der Waals surface area contributed by atoms with Crippen molar-refractivity contribution in [2.24, 2.45) is 10.8 Å². The van der Waals surface area contributed by atoms with Crippen LogP contribution in [-0.2, 0) is 15.5 Å². The van der Waals surface area contributed by atoms with Crippen molar-refractivity contribution in [1.29, 1.82) is 0 Å². The van der Waals surface area contributed by atoms with E-state index in [0.717, 1.165) is 16.2 Å². The molecule has 0 amide bonds. The molecule has 0 radical (unpaired) electrons. The summed E-state index contributed by atoms with van der Waals surface area (Å²) < 4.78 is 24.0. The Morgan fingerprint density at radius 1 is 1.18 bits per heavy atom. The van der Waals surface area contributed by atoms with Crippen LogP contribution in [0.25, 0.3) is 4.91 Å². The van der Waals surface area contributed by atoms with Crippen LogP contribution in [0, 0.1) is 10.8 Å². The van der Waals surface area contributed by atoms with Crippen molar-refractivity contribution in [3.63, 3.8) is 0 Å². The van der Waals surface area contributed by atoms with Crippen molar-refractivity contribution in [2.75, 3.05) is 14.2 Å². The van der Waals surface area contributed by atoms with Crippen LogP contribution in [0.3, 0.4) is 0 Å². The van der Waals surface area contributed by atoms with E-state index in [1.54, 1.807) is 14.2 Å². The minimum atomic E-state index is -1.20. The molecule has 2 rings (SSSR count). The molecule has 3 nitrogen and oxygen atoms in total.